The Bertz CT molecular complexity index is 549. The Morgan fingerprint density at radius 1 is 1.28 bits per heavy atom. The van der Waals surface area contributed by atoms with Crippen molar-refractivity contribution in [1.82, 2.24) is 9.97 Å². The first kappa shape index (κ1) is 12.2. The van der Waals surface area contributed by atoms with Crippen LogP contribution in [-0.4, -0.2) is 9.97 Å². The zero-order chi connectivity index (χ0) is 13.1. The van der Waals surface area contributed by atoms with Gasteiger partial charge in [-0.1, -0.05) is 6.58 Å². The molecule has 5 N–H and O–H groups in total. The van der Waals surface area contributed by atoms with E-state index in [0.717, 1.165) is 35.4 Å². The molecule has 0 aliphatic rings. The van der Waals surface area contributed by atoms with Gasteiger partial charge >= 0.3 is 0 Å². The van der Waals surface area contributed by atoms with E-state index in [1.165, 1.54) is 0 Å². The molecule has 2 rings (SSSR count). The lowest BCUT2D eigenvalue weighted by atomic mass is 10.0. The topological polar surface area (TPSA) is 80.7 Å². The molecule has 0 saturated carbocycles. The van der Waals surface area contributed by atoms with Gasteiger partial charge in [-0.2, -0.15) is 0 Å². The summed E-state index contributed by atoms with van der Waals surface area (Å²) in [5, 5.41) is 0. The number of nitrogens with zero attached hydrogens (tertiary/aromatic N) is 1. The Morgan fingerprint density at radius 3 is 2.50 bits per heavy atom. The first-order chi connectivity index (χ1) is 8.56. The molecule has 0 aliphatic heterocycles. The van der Waals surface area contributed by atoms with Crippen LogP contribution in [-0.2, 0) is 6.42 Å². The second-order valence-corrected chi connectivity index (χ2v) is 4.47. The minimum Gasteiger partial charge on any atom is -0.399 e. The molecule has 1 aromatic carbocycles. The van der Waals surface area contributed by atoms with Crippen molar-refractivity contribution < 1.29 is 0 Å². The maximum atomic E-state index is 5.77. The van der Waals surface area contributed by atoms with Crippen molar-refractivity contribution in [2.45, 2.75) is 19.8 Å². The van der Waals surface area contributed by atoms with Crippen LogP contribution in [0.2, 0.25) is 0 Å². The van der Waals surface area contributed by atoms with Gasteiger partial charge in [-0.05, 0) is 49.1 Å². The maximum Gasteiger partial charge on any atom is 0.0925 e. The summed E-state index contributed by atoms with van der Waals surface area (Å²) in [4.78, 5) is 7.34. The number of hydrogen-bond donors (Lipinski definition) is 3. The molecule has 0 atom stereocenters. The van der Waals surface area contributed by atoms with E-state index in [0.29, 0.717) is 11.4 Å². The van der Waals surface area contributed by atoms with E-state index >= 15 is 0 Å². The summed E-state index contributed by atoms with van der Waals surface area (Å²) in [7, 11) is 0. The first-order valence-electron chi connectivity index (χ1n) is 5.89. The number of rotatable bonds is 4. The van der Waals surface area contributed by atoms with E-state index < -0.39 is 0 Å². The molecule has 0 saturated heterocycles. The van der Waals surface area contributed by atoms with Gasteiger partial charge in [-0.25, -0.2) is 4.98 Å². The number of imidazole rings is 1. The van der Waals surface area contributed by atoms with Gasteiger partial charge in [0.05, 0.1) is 12.0 Å². The van der Waals surface area contributed by atoms with Crippen LogP contribution < -0.4 is 11.5 Å². The fourth-order valence-corrected chi connectivity index (χ4v) is 1.93. The molecule has 0 bridgehead atoms. The first-order valence-corrected chi connectivity index (χ1v) is 5.89. The van der Waals surface area contributed by atoms with Crippen LogP contribution in [0.15, 0.2) is 31.1 Å². The summed E-state index contributed by atoms with van der Waals surface area (Å²) >= 11 is 0. The minimum atomic E-state index is 0.669. The van der Waals surface area contributed by atoms with E-state index in [-0.39, 0.29) is 0 Å². The molecule has 0 spiro atoms. The van der Waals surface area contributed by atoms with Gasteiger partial charge in [0.15, 0.2) is 0 Å². The quantitative estimate of drug-likeness (QED) is 0.721. The molecule has 1 aromatic heterocycles. The highest BCUT2D eigenvalue weighted by Gasteiger charge is 2.05. The van der Waals surface area contributed by atoms with Crippen molar-refractivity contribution in [1.29, 1.82) is 0 Å². The number of aromatic nitrogens is 2. The largest absolute Gasteiger partial charge is 0.399 e. The predicted molar refractivity (Wildman–Crippen MR) is 75.9 cm³/mol. The molecule has 1 heterocycles. The van der Waals surface area contributed by atoms with Gasteiger partial charge in [-0.15, -0.1) is 0 Å². The number of hydrogen-bond acceptors (Lipinski definition) is 3. The number of aryl methyl sites for hydroxylation is 2. The number of nitrogens with two attached hydrogens (primary N) is 2. The third-order valence-electron chi connectivity index (χ3n) is 2.98. The van der Waals surface area contributed by atoms with Crippen molar-refractivity contribution in [2.24, 2.45) is 0 Å². The zero-order valence-corrected chi connectivity index (χ0v) is 10.5. The number of aromatic amines is 1. The molecule has 0 fully saturated rings. The summed E-state index contributed by atoms with van der Waals surface area (Å²) in [6, 6.07) is 5.54. The molecule has 18 heavy (non-hydrogen) atoms. The van der Waals surface area contributed by atoms with Crippen molar-refractivity contribution in [2.75, 3.05) is 11.5 Å². The molecular formula is C14H18N4. The highest BCUT2D eigenvalue weighted by atomic mass is 14.9. The molecule has 4 nitrogen and oxygen atoms in total. The SMILES string of the molecule is C=C(CCc1nc[nH]c1C)c1cc(N)cc(N)c1. The van der Waals surface area contributed by atoms with Gasteiger partial charge in [0.2, 0.25) is 0 Å². The van der Waals surface area contributed by atoms with E-state index in [2.05, 4.69) is 16.5 Å². The van der Waals surface area contributed by atoms with E-state index in [4.69, 9.17) is 11.5 Å². The van der Waals surface area contributed by atoms with E-state index in [1.807, 2.05) is 19.1 Å². The van der Waals surface area contributed by atoms with Crippen LogP contribution in [0.5, 0.6) is 0 Å². The third-order valence-corrected chi connectivity index (χ3v) is 2.98. The normalized spacial score (nSPS) is 10.5. The van der Waals surface area contributed by atoms with Gasteiger partial charge in [0, 0.05) is 17.1 Å². The van der Waals surface area contributed by atoms with Crippen molar-refractivity contribution in [3.63, 3.8) is 0 Å². The highest BCUT2D eigenvalue weighted by molar-refractivity contribution is 5.70. The van der Waals surface area contributed by atoms with Crippen molar-refractivity contribution in [3.8, 4) is 0 Å². The Kier molecular flexibility index (Phi) is 3.37. The Hall–Kier alpha value is -2.23. The van der Waals surface area contributed by atoms with Gasteiger partial charge < -0.3 is 16.5 Å². The fourth-order valence-electron chi connectivity index (χ4n) is 1.93. The Labute approximate surface area is 107 Å². The van der Waals surface area contributed by atoms with Crippen LogP contribution in [0.4, 0.5) is 11.4 Å². The highest BCUT2D eigenvalue weighted by Crippen LogP contribution is 2.23. The van der Waals surface area contributed by atoms with Crippen LogP contribution in [0.3, 0.4) is 0 Å². The zero-order valence-electron chi connectivity index (χ0n) is 10.5. The van der Waals surface area contributed by atoms with Crippen molar-refractivity contribution in [3.05, 3.63) is 48.1 Å². The molecule has 0 amide bonds. The smallest absolute Gasteiger partial charge is 0.0925 e. The number of H-pyrrole nitrogens is 1. The van der Waals surface area contributed by atoms with Crippen LogP contribution in [0, 0.1) is 6.92 Å². The Balaban J connectivity index is 2.06. The second-order valence-electron chi connectivity index (χ2n) is 4.47. The van der Waals surface area contributed by atoms with E-state index in [9.17, 15) is 0 Å². The van der Waals surface area contributed by atoms with Gasteiger partial charge in [0.25, 0.3) is 0 Å². The number of nitrogens with one attached hydrogen (secondary N) is 1. The molecule has 0 radical (unpaired) electrons. The standard InChI is InChI=1S/C14H18N4/c1-9(3-4-14-10(2)17-8-18-14)11-5-12(15)7-13(16)6-11/h5-8H,1,3-4,15-16H2,2H3,(H,17,18). The summed E-state index contributed by atoms with van der Waals surface area (Å²) < 4.78 is 0. The average molecular weight is 242 g/mol. The summed E-state index contributed by atoms with van der Waals surface area (Å²) in [5.41, 5.74) is 17.1. The van der Waals surface area contributed by atoms with Crippen LogP contribution >= 0.6 is 0 Å². The van der Waals surface area contributed by atoms with Crippen LogP contribution in [0.25, 0.3) is 5.57 Å². The van der Waals surface area contributed by atoms with Gasteiger partial charge in [-0.3, -0.25) is 0 Å². The monoisotopic (exact) mass is 242 g/mol. The molecule has 2 aromatic rings. The second kappa shape index (κ2) is 4.96. The number of nitrogen functional groups attached to an aromatic ring is 2. The lowest BCUT2D eigenvalue weighted by molar-refractivity contribution is 0.957. The average Bonchev–Trinajstić information content (AvgIpc) is 2.70. The molecule has 4 heteroatoms. The third kappa shape index (κ3) is 2.71. The predicted octanol–water partition coefficient (Wildman–Crippen LogP) is 2.53. The minimum absolute atomic E-state index is 0.669. The molecule has 0 aliphatic carbocycles. The summed E-state index contributed by atoms with van der Waals surface area (Å²) in [6.07, 6.45) is 3.42. The lowest BCUT2D eigenvalue weighted by Crippen LogP contribution is -1.95. The lowest BCUT2D eigenvalue weighted by Gasteiger charge is -2.08. The molecule has 0 unspecified atom stereocenters. The summed E-state index contributed by atoms with van der Waals surface area (Å²) in [6.45, 7) is 6.10. The Morgan fingerprint density at radius 2 is 1.94 bits per heavy atom. The molecule has 94 valence electrons. The maximum absolute atomic E-state index is 5.77. The summed E-state index contributed by atoms with van der Waals surface area (Å²) in [5.74, 6) is 0. The van der Waals surface area contributed by atoms with Gasteiger partial charge in [0.1, 0.15) is 0 Å². The van der Waals surface area contributed by atoms with E-state index in [1.54, 1.807) is 12.4 Å². The fraction of sp³-hybridized carbons (Fsp3) is 0.214. The number of allylic oxidation sites excluding steroid dienone is 1. The van der Waals surface area contributed by atoms with Crippen LogP contribution in [0.1, 0.15) is 23.4 Å². The van der Waals surface area contributed by atoms with Crippen molar-refractivity contribution >= 4 is 16.9 Å². The number of anilines is 2. The molecular weight excluding hydrogens is 224 g/mol. The number of benzene rings is 1.